The Bertz CT molecular complexity index is 115. The first-order valence-electron chi connectivity index (χ1n) is 4.05. The molecule has 0 aromatic rings. The van der Waals surface area contributed by atoms with E-state index in [4.69, 9.17) is 10.5 Å². The van der Waals surface area contributed by atoms with E-state index in [-0.39, 0.29) is 12.0 Å². The maximum Gasteiger partial charge on any atom is 0.302 e. The van der Waals surface area contributed by atoms with Crippen molar-refractivity contribution in [1.29, 1.82) is 0 Å². The summed E-state index contributed by atoms with van der Waals surface area (Å²) in [6.07, 6.45) is 2.79. The van der Waals surface area contributed by atoms with Crippen LogP contribution in [0.25, 0.3) is 0 Å². The van der Waals surface area contributed by atoms with Crippen LogP contribution in [0.5, 0.6) is 0 Å². The molecule has 0 aliphatic heterocycles. The molecule has 0 heterocycles. The first-order chi connectivity index (χ1) is 5.16. The van der Waals surface area contributed by atoms with E-state index in [2.05, 4.69) is 6.92 Å². The molecular formula is C8H17NO2. The van der Waals surface area contributed by atoms with E-state index in [1.165, 1.54) is 6.92 Å². The standard InChI is InChI=1S/C8H17NO2/c1-3-8(9)5-4-6-11-7(2)10/h8H,3-6,9H2,1-2H3. The highest BCUT2D eigenvalue weighted by molar-refractivity contribution is 5.65. The lowest BCUT2D eigenvalue weighted by Crippen LogP contribution is -2.19. The van der Waals surface area contributed by atoms with Crippen molar-refractivity contribution < 1.29 is 9.53 Å². The second-order valence-corrected chi connectivity index (χ2v) is 2.65. The van der Waals surface area contributed by atoms with Gasteiger partial charge < -0.3 is 10.5 Å². The van der Waals surface area contributed by atoms with E-state index < -0.39 is 0 Å². The zero-order valence-electron chi connectivity index (χ0n) is 7.30. The van der Waals surface area contributed by atoms with Crippen LogP contribution in [-0.2, 0) is 9.53 Å². The van der Waals surface area contributed by atoms with Crippen LogP contribution < -0.4 is 5.73 Å². The van der Waals surface area contributed by atoms with Crippen molar-refractivity contribution in [1.82, 2.24) is 0 Å². The average Bonchev–Trinajstić information content (AvgIpc) is 1.97. The highest BCUT2D eigenvalue weighted by atomic mass is 16.5. The van der Waals surface area contributed by atoms with Crippen molar-refractivity contribution in [2.75, 3.05) is 6.61 Å². The number of carbonyl (C=O) groups excluding carboxylic acids is 1. The fourth-order valence-corrected chi connectivity index (χ4v) is 0.766. The van der Waals surface area contributed by atoms with Crippen molar-refractivity contribution >= 4 is 5.97 Å². The van der Waals surface area contributed by atoms with E-state index in [9.17, 15) is 4.79 Å². The number of hydrogen-bond donors (Lipinski definition) is 1. The summed E-state index contributed by atoms with van der Waals surface area (Å²) in [7, 11) is 0. The van der Waals surface area contributed by atoms with Gasteiger partial charge in [0.2, 0.25) is 0 Å². The summed E-state index contributed by atoms with van der Waals surface area (Å²) in [4.78, 5) is 10.3. The number of ether oxygens (including phenoxy) is 1. The van der Waals surface area contributed by atoms with Gasteiger partial charge in [0.15, 0.2) is 0 Å². The lowest BCUT2D eigenvalue weighted by atomic mass is 10.1. The molecule has 2 N–H and O–H groups in total. The van der Waals surface area contributed by atoms with Gasteiger partial charge in [-0.25, -0.2) is 0 Å². The van der Waals surface area contributed by atoms with Crippen LogP contribution in [0.1, 0.15) is 33.1 Å². The van der Waals surface area contributed by atoms with Crippen LogP contribution in [-0.4, -0.2) is 18.6 Å². The molecule has 0 aromatic heterocycles. The predicted molar refractivity (Wildman–Crippen MR) is 44.1 cm³/mol. The fraction of sp³-hybridized carbons (Fsp3) is 0.875. The Balaban J connectivity index is 3.08. The van der Waals surface area contributed by atoms with E-state index in [1.807, 2.05) is 0 Å². The third-order valence-electron chi connectivity index (χ3n) is 1.55. The highest BCUT2D eigenvalue weighted by Gasteiger charge is 1.98. The van der Waals surface area contributed by atoms with Gasteiger partial charge in [0.25, 0.3) is 0 Å². The van der Waals surface area contributed by atoms with Gasteiger partial charge in [-0.3, -0.25) is 4.79 Å². The van der Waals surface area contributed by atoms with Gasteiger partial charge in [-0.2, -0.15) is 0 Å². The lowest BCUT2D eigenvalue weighted by molar-refractivity contribution is -0.141. The van der Waals surface area contributed by atoms with Crippen molar-refractivity contribution in [3.05, 3.63) is 0 Å². The molecule has 1 atom stereocenters. The van der Waals surface area contributed by atoms with E-state index in [1.54, 1.807) is 0 Å². The van der Waals surface area contributed by atoms with E-state index >= 15 is 0 Å². The Hall–Kier alpha value is -0.570. The molecule has 0 aliphatic rings. The summed E-state index contributed by atoms with van der Waals surface area (Å²) in [6.45, 7) is 3.97. The molecule has 3 heteroatoms. The molecule has 0 saturated carbocycles. The van der Waals surface area contributed by atoms with Crippen molar-refractivity contribution in [3.63, 3.8) is 0 Å². The fourth-order valence-electron chi connectivity index (χ4n) is 0.766. The van der Waals surface area contributed by atoms with Crippen molar-refractivity contribution in [3.8, 4) is 0 Å². The number of nitrogens with two attached hydrogens (primary N) is 1. The normalized spacial score (nSPS) is 12.6. The Morgan fingerprint density at radius 2 is 2.27 bits per heavy atom. The third kappa shape index (κ3) is 7.33. The van der Waals surface area contributed by atoms with Gasteiger partial charge in [-0.05, 0) is 19.3 Å². The molecule has 0 aliphatic carbocycles. The molecule has 0 rings (SSSR count). The first-order valence-corrected chi connectivity index (χ1v) is 4.05. The molecule has 66 valence electrons. The number of rotatable bonds is 5. The summed E-state index contributed by atoms with van der Waals surface area (Å²) >= 11 is 0. The zero-order valence-corrected chi connectivity index (χ0v) is 7.30. The monoisotopic (exact) mass is 159 g/mol. The maximum atomic E-state index is 10.3. The van der Waals surface area contributed by atoms with Crippen LogP contribution in [0, 0.1) is 0 Å². The quantitative estimate of drug-likeness (QED) is 0.482. The first kappa shape index (κ1) is 10.4. The topological polar surface area (TPSA) is 52.3 Å². The second kappa shape index (κ2) is 6.16. The molecule has 0 saturated heterocycles. The van der Waals surface area contributed by atoms with E-state index in [0.717, 1.165) is 19.3 Å². The zero-order chi connectivity index (χ0) is 8.69. The van der Waals surface area contributed by atoms with Crippen LogP contribution >= 0.6 is 0 Å². The summed E-state index contributed by atoms with van der Waals surface area (Å²) in [6, 6.07) is 0.255. The van der Waals surface area contributed by atoms with Gasteiger partial charge in [0.05, 0.1) is 6.61 Å². The van der Waals surface area contributed by atoms with Gasteiger partial charge in [-0.1, -0.05) is 6.92 Å². The van der Waals surface area contributed by atoms with Crippen molar-refractivity contribution in [2.24, 2.45) is 5.73 Å². The summed E-state index contributed by atoms with van der Waals surface area (Å²) in [5, 5.41) is 0. The molecule has 0 spiro atoms. The van der Waals surface area contributed by atoms with Crippen molar-refractivity contribution in [2.45, 2.75) is 39.2 Å². The Morgan fingerprint density at radius 3 is 2.73 bits per heavy atom. The molecule has 0 amide bonds. The Labute approximate surface area is 67.9 Å². The van der Waals surface area contributed by atoms with Gasteiger partial charge in [0.1, 0.15) is 0 Å². The molecule has 1 unspecified atom stereocenters. The molecule has 3 nitrogen and oxygen atoms in total. The third-order valence-corrected chi connectivity index (χ3v) is 1.55. The van der Waals surface area contributed by atoms with Gasteiger partial charge in [0, 0.05) is 13.0 Å². The van der Waals surface area contributed by atoms with Crippen LogP contribution in [0.15, 0.2) is 0 Å². The van der Waals surface area contributed by atoms with Crippen LogP contribution in [0.4, 0.5) is 0 Å². The predicted octanol–water partition coefficient (Wildman–Crippen LogP) is 1.07. The Kier molecular flexibility index (Phi) is 5.84. The minimum Gasteiger partial charge on any atom is -0.466 e. The minimum absolute atomic E-state index is 0.213. The lowest BCUT2D eigenvalue weighted by Gasteiger charge is -2.07. The summed E-state index contributed by atoms with van der Waals surface area (Å²) < 4.78 is 4.74. The molecule has 0 radical (unpaired) electrons. The highest BCUT2D eigenvalue weighted by Crippen LogP contribution is 1.98. The largest absolute Gasteiger partial charge is 0.466 e. The number of esters is 1. The van der Waals surface area contributed by atoms with Gasteiger partial charge in [-0.15, -0.1) is 0 Å². The Morgan fingerprint density at radius 1 is 1.64 bits per heavy atom. The summed E-state index contributed by atoms with van der Waals surface area (Å²) in [5.41, 5.74) is 5.65. The molecule has 11 heavy (non-hydrogen) atoms. The van der Waals surface area contributed by atoms with Gasteiger partial charge >= 0.3 is 5.97 Å². The minimum atomic E-state index is -0.213. The maximum absolute atomic E-state index is 10.3. The average molecular weight is 159 g/mol. The van der Waals surface area contributed by atoms with Crippen LogP contribution in [0.3, 0.4) is 0 Å². The summed E-state index contributed by atoms with van der Waals surface area (Å²) in [5.74, 6) is -0.213. The molecular weight excluding hydrogens is 142 g/mol. The van der Waals surface area contributed by atoms with E-state index in [0.29, 0.717) is 6.61 Å². The molecule has 0 fully saturated rings. The number of carbonyl (C=O) groups is 1. The second-order valence-electron chi connectivity index (χ2n) is 2.65. The number of hydrogen-bond acceptors (Lipinski definition) is 3. The molecule has 0 bridgehead atoms. The SMILES string of the molecule is CCC(N)CCCOC(C)=O. The van der Waals surface area contributed by atoms with Crippen LogP contribution in [0.2, 0.25) is 0 Å². The smallest absolute Gasteiger partial charge is 0.302 e. The molecule has 0 aromatic carbocycles.